The van der Waals surface area contributed by atoms with E-state index in [1.807, 2.05) is 13.8 Å². The monoisotopic (exact) mass is 386 g/mol. The summed E-state index contributed by atoms with van der Waals surface area (Å²) in [5.74, 6) is -2.15. The van der Waals surface area contributed by atoms with Crippen molar-refractivity contribution in [1.82, 2.24) is 0 Å². The molecule has 3 aliphatic carbocycles. The number of hydrogen-bond acceptors (Lipinski definition) is 6. The molecule has 4 aliphatic rings. The van der Waals surface area contributed by atoms with Gasteiger partial charge in [-0.3, -0.25) is 14.4 Å². The maximum absolute atomic E-state index is 13.3. The molecule has 6 heteroatoms. The normalized spacial score (nSPS) is 43.5. The molecule has 150 valence electrons. The Morgan fingerprint density at radius 1 is 1.29 bits per heavy atom. The molecule has 2 saturated carbocycles. The highest BCUT2D eigenvalue weighted by Gasteiger charge is 2.74. The van der Waals surface area contributed by atoms with Gasteiger partial charge in [0.25, 0.3) is 0 Å². The maximum atomic E-state index is 13.3. The number of cyclic esters (lactones) is 1. The summed E-state index contributed by atoms with van der Waals surface area (Å²) in [6, 6.07) is 0. The van der Waals surface area contributed by atoms with Crippen molar-refractivity contribution >= 4 is 24.0 Å². The van der Waals surface area contributed by atoms with Gasteiger partial charge in [-0.05, 0) is 48.2 Å². The minimum atomic E-state index is -1.15. The van der Waals surface area contributed by atoms with Crippen LogP contribution in [0.15, 0.2) is 24.3 Å². The fourth-order valence-electron chi connectivity index (χ4n) is 6.46. The highest BCUT2D eigenvalue weighted by atomic mass is 16.6. The van der Waals surface area contributed by atoms with Crippen molar-refractivity contribution in [3.63, 3.8) is 0 Å². The molecular formula is C22H26O6. The third-order valence-corrected chi connectivity index (χ3v) is 7.68. The van der Waals surface area contributed by atoms with Gasteiger partial charge >= 0.3 is 11.9 Å². The van der Waals surface area contributed by atoms with E-state index in [9.17, 15) is 19.2 Å². The smallest absolute Gasteiger partial charge is 0.316 e. The van der Waals surface area contributed by atoms with Gasteiger partial charge in [-0.25, -0.2) is 0 Å². The summed E-state index contributed by atoms with van der Waals surface area (Å²) in [6.07, 6.45) is 5.11. The molecule has 1 aliphatic heterocycles. The number of rotatable bonds is 2. The first-order valence-electron chi connectivity index (χ1n) is 9.83. The topological polar surface area (TPSA) is 86.7 Å². The third kappa shape index (κ3) is 2.14. The Balaban J connectivity index is 1.92. The number of carbonyl (C=O) groups excluding carboxylic acids is 4. The van der Waals surface area contributed by atoms with Gasteiger partial charge in [-0.2, -0.15) is 0 Å². The summed E-state index contributed by atoms with van der Waals surface area (Å²) < 4.78 is 11.2. The van der Waals surface area contributed by atoms with E-state index in [4.69, 9.17) is 9.47 Å². The summed E-state index contributed by atoms with van der Waals surface area (Å²) in [5.41, 5.74) is -2.12. The molecule has 6 nitrogen and oxygen atoms in total. The van der Waals surface area contributed by atoms with Crippen LogP contribution in [-0.4, -0.2) is 36.7 Å². The molecule has 1 saturated heterocycles. The fraction of sp³-hybridized carbons (Fsp3) is 0.636. The van der Waals surface area contributed by atoms with Gasteiger partial charge in [0.1, 0.15) is 24.4 Å². The van der Waals surface area contributed by atoms with Crippen molar-refractivity contribution in [2.24, 2.45) is 34.0 Å². The maximum Gasteiger partial charge on any atom is 0.316 e. The number of ether oxygens (including phenoxy) is 2. The largest absolute Gasteiger partial charge is 0.464 e. The van der Waals surface area contributed by atoms with Crippen molar-refractivity contribution in [1.29, 1.82) is 0 Å². The number of aldehydes is 1. The van der Waals surface area contributed by atoms with Crippen molar-refractivity contribution in [2.75, 3.05) is 6.61 Å². The lowest BCUT2D eigenvalue weighted by Crippen LogP contribution is -2.66. The quantitative estimate of drug-likeness (QED) is 0.411. The van der Waals surface area contributed by atoms with Crippen LogP contribution in [0.4, 0.5) is 0 Å². The van der Waals surface area contributed by atoms with Crippen LogP contribution in [0.1, 0.15) is 40.0 Å². The minimum absolute atomic E-state index is 0.0419. The van der Waals surface area contributed by atoms with E-state index in [1.165, 1.54) is 13.0 Å². The molecule has 0 unspecified atom stereocenters. The molecule has 28 heavy (non-hydrogen) atoms. The summed E-state index contributed by atoms with van der Waals surface area (Å²) in [4.78, 5) is 50.5. The molecule has 0 aromatic rings. The van der Waals surface area contributed by atoms with Crippen molar-refractivity contribution in [2.45, 2.75) is 46.1 Å². The van der Waals surface area contributed by atoms with E-state index in [2.05, 4.69) is 6.58 Å². The van der Waals surface area contributed by atoms with Crippen molar-refractivity contribution < 1.29 is 28.7 Å². The van der Waals surface area contributed by atoms with Gasteiger partial charge in [0.05, 0.1) is 5.41 Å². The SMILES string of the molecule is C=C1[C@@H]2CC[C@@H]3[C@](C2)(C(=O)OC[C@]32C(=O)C=CC(C)(C)[C@H]2C=O)[C@@H]1OC(C)=O. The lowest BCUT2D eigenvalue weighted by molar-refractivity contribution is -0.214. The van der Waals surface area contributed by atoms with E-state index in [0.29, 0.717) is 18.4 Å². The van der Waals surface area contributed by atoms with Crippen LogP contribution < -0.4 is 0 Å². The molecule has 6 atom stereocenters. The first-order chi connectivity index (χ1) is 13.1. The predicted molar refractivity (Wildman–Crippen MR) is 98.8 cm³/mol. The molecule has 0 aromatic carbocycles. The Morgan fingerprint density at radius 3 is 2.64 bits per heavy atom. The number of hydrogen-bond donors (Lipinski definition) is 0. The molecule has 2 spiro atoms. The van der Waals surface area contributed by atoms with E-state index in [-0.39, 0.29) is 18.3 Å². The third-order valence-electron chi connectivity index (χ3n) is 7.68. The fourth-order valence-corrected chi connectivity index (χ4v) is 6.46. The molecule has 3 fully saturated rings. The van der Waals surface area contributed by atoms with Crippen LogP contribution in [0.25, 0.3) is 0 Å². The Morgan fingerprint density at radius 2 is 2.00 bits per heavy atom. The zero-order chi connectivity index (χ0) is 20.5. The van der Waals surface area contributed by atoms with Crippen molar-refractivity contribution in [3.8, 4) is 0 Å². The Bertz CT molecular complexity index is 823. The van der Waals surface area contributed by atoms with Gasteiger partial charge in [0.15, 0.2) is 5.78 Å². The summed E-state index contributed by atoms with van der Waals surface area (Å²) in [7, 11) is 0. The van der Waals surface area contributed by atoms with Crippen LogP contribution in [-0.2, 0) is 28.7 Å². The van der Waals surface area contributed by atoms with Gasteiger partial charge in [-0.15, -0.1) is 0 Å². The summed E-state index contributed by atoms with van der Waals surface area (Å²) in [6.45, 7) is 9.15. The molecule has 0 N–H and O–H groups in total. The summed E-state index contributed by atoms with van der Waals surface area (Å²) >= 11 is 0. The van der Waals surface area contributed by atoms with E-state index >= 15 is 0 Å². The Kier molecular flexibility index (Phi) is 4.01. The van der Waals surface area contributed by atoms with Crippen LogP contribution in [0.5, 0.6) is 0 Å². The van der Waals surface area contributed by atoms with E-state index in [0.717, 1.165) is 12.7 Å². The second kappa shape index (κ2) is 5.88. The zero-order valence-corrected chi connectivity index (χ0v) is 16.5. The molecular weight excluding hydrogens is 360 g/mol. The first kappa shape index (κ1) is 19.1. The molecule has 2 bridgehead atoms. The number of esters is 2. The second-order valence-electron chi connectivity index (χ2n) is 9.38. The predicted octanol–water partition coefficient (Wildman–Crippen LogP) is 2.41. The summed E-state index contributed by atoms with van der Waals surface area (Å²) in [5, 5.41) is 0. The second-order valence-corrected chi connectivity index (χ2v) is 9.38. The molecule has 0 amide bonds. The van der Waals surface area contributed by atoms with Gasteiger partial charge in [0, 0.05) is 12.8 Å². The van der Waals surface area contributed by atoms with E-state index < -0.39 is 46.1 Å². The number of ketones is 1. The van der Waals surface area contributed by atoms with Gasteiger partial charge < -0.3 is 14.3 Å². The average Bonchev–Trinajstić information content (AvgIpc) is 2.83. The molecule has 1 heterocycles. The number of allylic oxidation sites excluding steroid dienone is 2. The standard InChI is InChI=1S/C22H26O6/c1-12-14-5-6-15-21(9-14,18(12)28-13(2)24)19(26)27-11-22(15)16(10-23)20(3,4)8-7-17(22)25/h7-8,10,14-16,18H,1,5-6,9,11H2,2-4H3/t14-,15-,16-,18-,21+,22+/m1/s1. The first-order valence-corrected chi connectivity index (χ1v) is 9.83. The van der Waals surface area contributed by atoms with Crippen molar-refractivity contribution in [3.05, 3.63) is 24.3 Å². The molecule has 4 rings (SSSR count). The zero-order valence-electron chi connectivity index (χ0n) is 16.5. The van der Waals surface area contributed by atoms with Gasteiger partial charge in [-0.1, -0.05) is 26.5 Å². The van der Waals surface area contributed by atoms with Crippen LogP contribution >= 0.6 is 0 Å². The Labute approximate surface area is 164 Å². The van der Waals surface area contributed by atoms with Gasteiger partial charge in [0.2, 0.25) is 0 Å². The number of carbonyl (C=O) groups is 4. The average molecular weight is 386 g/mol. The minimum Gasteiger partial charge on any atom is -0.464 e. The highest BCUT2D eigenvalue weighted by molar-refractivity contribution is 6.00. The number of fused-ring (bicyclic) bond motifs is 2. The lowest BCUT2D eigenvalue weighted by atomic mass is 9.46. The Hall–Kier alpha value is -2.24. The molecule has 0 radical (unpaired) electrons. The van der Waals surface area contributed by atoms with Crippen LogP contribution in [0.3, 0.4) is 0 Å². The van der Waals surface area contributed by atoms with E-state index in [1.54, 1.807) is 6.08 Å². The highest BCUT2D eigenvalue weighted by Crippen LogP contribution is 2.67. The lowest BCUT2D eigenvalue weighted by Gasteiger charge is -2.58. The molecule has 0 aromatic heterocycles. The van der Waals surface area contributed by atoms with Crippen LogP contribution in [0, 0.1) is 34.0 Å². The van der Waals surface area contributed by atoms with Crippen LogP contribution in [0.2, 0.25) is 0 Å².